The van der Waals surface area contributed by atoms with E-state index in [1.165, 1.54) is 0 Å². The SMILES string of the molecule is CCN(Cc1ccccn1)C(=O)C1(COC)CCNCC1.Cl.Cl. The predicted octanol–water partition coefficient (Wildman–Crippen LogP) is 2.29. The van der Waals surface area contributed by atoms with E-state index in [9.17, 15) is 4.79 Å². The van der Waals surface area contributed by atoms with Crippen LogP contribution in [0.5, 0.6) is 0 Å². The van der Waals surface area contributed by atoms with Crippen LogP contribution >= 0.6 is 24.8 Å². The standard InChI is InChI=1S/C16H25N3O2.2ClH/c1-3-19(12-14-6-4-5-9-18-14)15(20)16(13-21-2)7-10-17-11-8-16;;/h4-6,9,17H,3,7-8,10-13H2,1-2H3;2*1H. The highest BCUT2D eigenvalue weighted by Gasteiger charge is 2.41. The number of hydrogen-bond acceptors (Lipinski definition) is 4. The fraction of sp³-hybridized carbons (Fsp3) is 0.625. The number of hydrogen-bond donors (Lipinski definition) is 1. The van der Waals surface area contributed by atoms with Crippen LogP contribution in [0.2, 0.25) is 0 Å². The molecule has 1 amide bonds. The minimum atomic E-state index is -0.384. The molecule has 0 unspecified atom stereocenters. The molecule has 1 aliphatic rings. The van der Waals surface area contributed by atoms with Gasteiger partial charge in [0, 0.05) is 19.9 Å². The molecule has 0 aromatic carbocycles. The maximum absolute atomic E-state index is 13.0. The van der Waals surface area contributed by atoms with Crippen molar-refractivity contribution < 1.29 is 9.53 Å². The van der Waals surface area contributed by atoms with Gasteiger partial charge in [-0.1, -0.05) is 6.07 Å². The lowest BCUT2D eigenvalue weighted by Gasteiger charge is -2.39. The highest BCUT2D eigenvalue weighted by atomic mass is 35.5. The average molecular weight is 364 g/mol. The van der Waals surface area contributed by atoms with Gasteiger partial charge in [-0.25, -0.2) is 0 Å². The summed E-state index contributed by atoms with van der Waals surface area (Å²) in [5.74, 6) is 0.194. The van der Waals surface area contributed by atoms with E-state index in [2.05, 4.69) is 10.3 Å². The first-order valence-corrected chi connectivity index (χ1v) is 7.61. The number of methoxy groups -OCH3 is 1. The van der Waals surface area contributed by atoms with Crippen LogP contribution in [-0.2, 0) is 16.1 Å². The van der Waals surface area contributed by atoms with Gasteiger partial charge in [0.15, 0.2) is 0 Å². The molecule has 1 aliphatic heterocycles. The van der Waals surface area contributed by atoms with Crippen LogP contribution < -0.4 is 5.32 Å². The number of rotatable bonds is 6. The van der Waals surface area contributed by atoms with E-state index in [-0.39, 0.29) is 36.1 Å². The molecule has 0 spiro atoms. The zero-order valence-electron chi connectivity index (χ0n) is 13.8. The van der Waals surface area contributed by atoms with Gasteiger partial charge in [0.2, 0.25) is 5.91 Å². The summed E-state index contributed by atoms with van der Waals surface area (Å²) >= 11 is 0. The number of carbonyl (C=O) groups excluding carboxylic acids is 1. The first kappa shape index (κ1) is 22.1. The van der Waals surface area contributed by atoms with Crippen LogP contribution in [0.1, 0.15) is 25.5 Å². The van der Waals surface area contributed by atoms with Gasteiger partial charge < -0.3 is 15.0 Å². The Morgan fingerprint density at radius 3 is 2.57 bits per heavy atom. The van der Waals surface area contributed by atoms with E-state index in [1.54, 1.807) is 13.3 Å². The van der Waals surface area contributed by atoms with Gasteiger partial charge in [-0.05, 0) is 45.0 Å². The monoisotopic (exact) mass is 363 g/mol. The van der Waals surface area contributed by atoms with Gasteiger partial charge in [0.25, 0.3) is 0 Å². The fourth-order valence-corrected chi connectivity index (χ4v) is 2.95. The number of amides is 1. The third-order valence-corrected chi connectivity index (χ3v) is 4.18. The lowest BCUT2D eigenvalue weighted by Crippen LogP contribution is -2.51. The fourth-order valence-electron chi connectivity index (χ4n) is 2.95. The number of aromatic nitrogens is 1. The molecule has 23 heavy (non-hydrogen) atoms. The Hall–Kier alpha value is -0.880. The van der Waals surface area contributed by atoms with Crippen LogP contribution in [0.3, 0.4) is 0 Å². The number of pyridine rings is 1. The molecule has 1 fully saturated rings. The predicted molar refractivity (Wildman–Crippen MR) is 96.2 cm³/mol. The molecular weight excluding hydrogens is 337 g/mol. The highest BCUT2D eigenvalue weighted by Crippen LogP contribution is 2.32. The molecule has 7 heteroatoms. The van der Waals surface area contributed by atoms with Crippen LogP contribution in [0.15, 0.2) is 24.4 Å². The van der Waals surface area contributed by atoms with Crippen LogP contribution in [0.4, 0.5) is 0 Å². The lowest BCUT2D eigenvalue weighted by atomic mass is 9.78. The summed E-state index contributed by atoms with van der Waals surface area (Å²) in [6, 6.07) is 5.80. The number of piperidine rings is 1. The quantitative estimate of drug-likeness (QED) is 0.842. The van der Waals surface area contributed by atoms with Crippen molar-refractivity contribution in [2.75, 3.05) is 33.4 Å². The van der Waals surface area contributed by atoms with Crippen molar-refractivity contribution >= 4 is 30.7 Å². The van der Waals surface area contributed by atoms with Gasteiger partial charge in [-0.15, -0.1) is 24.8 Å². The van der Waals surface area contributed by atoms with Gasteiger partial charge >= 0.3 is 0 Å². The smallest absolute Gasteiger partial charge is 0.231 e. The van der Waals surface area contributed by atoms with Gasteiger partial charge in [0.05, 0.1) is 24.3 Å². The second kappa shape index (κ2) is 10.8. The molecular formula is C16H27Cl2N3O2. The Labute approximate surface area is 151 Å². The topological polar surface area (TPSA) is 54.5 Å². The molecule has 1 aromatic rings. The molecule has 2 rings (SSSR count). The Bertz CT molecular complexity index is 448. The molecule has 5 nitrogen and oxygen atoms in total. The van der Waals surface area contributed by atoms with Crippen molar-refractivity contribution in [2.45, 2.75) is 26.3 Å². The summed E-state index contributed by atoms with van der Waals surface area (Å²) < 4.78 is 5.36. The molecule has 132 valence electrons. The molecule has 0 atom stereocenters. The first-order valence-electron chi connectivity index (χ1n) is 7.61. The summed E-state index contributed by atoms with van der Waals surface area (Å²) in [6.07, 6.45) is 3.43. The third kappa shape index (κ3) is 5.60. The summed E-state index contributed by atoms with van der Waals surface area (Å²) in [5.41, 5.74) is 0.541. The van der Waals surface area contributed by atoms with Crippen molar-refractivity contribution in [1.82, 2.24) is 15.2 Å². The van der Waals surface area contributed by atoms with Crippen LogP contribution in [-0.4, -0.2) is 49.1 Å². The summed E-state index contributed by atoms with van der Waals surface area (Å²) in [4.78, 5) is 19.3. The van der Waals surface area contributed by atoms with Gasteiger partial charge in [-0.3, -0.25) is 9.78 Å². The Kier molecular flexibility index (Phi) is 10.4. The minimum absolute atomic E-state index is 0. The molecule has 0 bridgehead atoms. The van der Waals surface area contributed by atoms with E-state index in [0.29, 0.717) is 19.7 Å². The molecule has 0 radical (unpaired) electrons. The number of ether oxygens (including phenoxy) is 1. The highest BCUT2D eigenvalue weighted by molar-refractivity contribution is 5.85. The average Bonchev–Trinajstić information content (AvgIpc) is 2.54. The third-order valence-electron chi connectivity index (χ3n) is 4.18. The second-order valence-electron chi connectivity index (χ2n) is 5.60. The first-order chi connectivity index (χ1) is 10.2. The molecule has 2 heterocycles. The van der Waals surface area contributed by atoms with Crippen molar-refractivity contribution in [3.05, 3.63) is 30.1 Å². The Balaban J connectivity index is 0.00000242. The molecule has 1 aromatic heterocycles. The Morgan fingerprint density at radius 2 is 2.04 bits per heavy atom. The van der Waals surface area contributed by atoms with Crippen molar-refractivity contribution in [3.8, 4) is 0 Å². The van der Waals surface area contributed by atoms with Gasteiger partial charge in [0.1, 0.15) is 0 Å². The number of nitrogens with zero attached hydrogens (tertiary/aromatic N) is 2. The van der Waals surface area contributed by atoms with Crippen molar-refractivity contribution in [1.29, 1.82) is 0 Å². The van der Waals surface area contributed by atoms with E-state index in [1.807, 2.05) is 30.0 Å². The van der Waals surface area contributed by atoms with Crippen molar-refractivity contribution in [3.63, 3.8) is 0 Å². The lowest BCUT2D eigenvalue weighted by molar-refractivity contribution is -0.148. The van der Waals surface area contributed by atoms with E-state index < -0.39 is 0 Å². The zero-order chi connectivity index (χ0) is 15.1. The van der Waals surface area contributed by atoms with E-state index >= 15 is 0 Å². The van der Waals surface area contributed by atoms with E-state index in [4.69, 9.17) is 4.74 Å². The number of nitrogens with one attached hydrogen (secondary N) is 1. The van der Waals surface area contributed by atoms with Crippen molar-refractivity contribution in [2.24, 2.45) is 5.41 Å². The number of halogens is 2. The maximum atomic E-state index is 13.0. The molecule has 1 saturated heterocycles. The maximum Gasteiger partial charge on any atom is 0.231 e. The molecule has 0 saturated carbocycles. The van der Waals surface area contributed by atoms with E-state index in [0.717, 1.165) is 31.6 Å². The summed E-state index contributed by atoms with van der Waals surface area (Å²) in [6.45, 7) is 5.50. The molecule has 1 N–H and O–H groups in total. The van der Waals surface area contributed by atoms with Gasteiger partial charge in [-0.2, -0.15) is 0 Å². The summed E-state index contributed by atoms with van der Waals surface area (Å²) in [7, 11) is 1.67. The van der Waals surface area contributed by atoms with Crippen LogP contribution in [0, 0.1) is 5.41 Å². The molecule has 0 aliphatic carbocycles. The second-order valence-corrected chi connectivity index (χ2v) is 5.60. The summed E-state index contributed by atoms with van der Waals surface area (Å²) in [5, 5.41) is 3.32. The normalized spacial score (nSPS) is 15.9. The minimum Gasteiger partial charge on any atom is -0.384 e. The largest absolute Gasteiger partial charge is 0.384 e. The number of carbonyl (C=O) groups is 1. The zero-order valence-corrected chi connectivity index (χ0v) is 15.4. The Morgan fingerprint density at radius 1 is 1.35 bits per heavy atom. The van der Waals surface area contributed by atoms with Crippen LogP contribution in [0.25, 0.3) is 0 Å².